The van der Waals surface area contributed by atoms with Crippen LogP contribution in [-0.2, 0) is 0 Å². The van der Waals surface area contributed by atoms with E-state index in [0.29, 0.717) is 6.42 Å². The van der Waals surface area contributed by atoms with Crippen molar-refractivity contribution in [3.63, 3.8) is 0 Å². The molecule has 0 bridgehead atoms. The minimum Gasteiger partial charge on any atom is -0.500 e. The van der Waals surface area contributed by atoms with E-state index >= 15 is 0 Å². The lowest BCUT2D eigenvalue weighted by Gasteiger charge is -2.05. The van der Waals surface area contributed by atoms with Gasteiger partial charge in [-0.25, -0.2) is 0 Å². The highest BCUT2D eigenvalue weighted by molar-refractivity contribution is 7.80. The first-order chi connectivity index (χ1) is 5.68. The van der Waals surface area contributed by atoms with Crippen molar-refractivity contribution in [1.82, 2.24) is 0 Å². The molecule has 0 spiro atoms. The van der Waals surface area contributed by atoms with Gasteiger partial charge in [-0.15, -0.1) is 0 Å². The molecular formula is C8H14O2S2. The van der Waals surface area contributed by atoms with Crippen LogP contribution in [0.25, 0.3) is 0 Å². The maximum absolute atomic E-state index is 9.06. The zero-order valence-electron chi connectivity index (χ0n) is 6.90. The predicted octanol–water partition coefficient (Wildman–Crippen LogP) is 2.18. The maximum atomic E-state index is 9.06. The summed E-state index contributed by atoms with van der Waals surface area (Å²) in [5.74, 6) is 0. The van der Waals surface area contributed by atoms with Crippen molar-refractivity contribution in [3.05, 3.63) is 0 Å². The van der Waals surface area contributed by atoms with Gasteiger partial charge >= 0.3 is 0 Å². The number of thiocarbonyl (C=S) groups is 2. The quantitative estimate of drug-likeness (QED) is 0.495. The Labute approximate surface area is 83.6 Å². The highest BCUT2D eigenvalue weighted by Gasteiger charge is 2.07. The standard InChI is InChI=1S/C8H14O2S2/c9-7(8(10)12)5-3-1-2-4-6-11/h6-7,9H,1-5H2,(H,10,12). The smallest absolute Gasteiger partial charge is 0.186 e. The van der Waals surface area contributed by atoms with E-state index in [1.165, 1.54) is 0 Å². The number of aliphatic hydroxyl groups is 2. The van der Waals surface area contributed by atoms with Gasteiger partial charge in [0.05, 0.1) is 0 Å². The fraction of sp³-hybridized carbons (Fsp3) is 0.750. The van der Waals surface area contributed by atoms with E-state index in [1.54, 1.807) is 5.37 Å². The number of unbranched alkanes of at least 4 members (excludes halogenated alkanes) is 3. The first-order valence-electron chi connectivity index (χ1n) is 4.03. The third-order valence-corrected chi connectivity index (χ3v) is 2.09. The summed E-state index contributed by atoms with van der Waals surface area (Å²) in [6.45, 7) is 0. The van der Waals surface area contributed by atoms with Crippen LogP contribution in [0.15, 0.2) is 0 Å². The van der Waals surface area contributed by atoms with Crippen LogP contribution in [0.5, 0.6) is 0 Å². The Morgan fingerprint density at radius 1 is 1.33 bits per heavy atom. The number of hydrogen-bond donors (Lipinski definition) is 2. The molecule has 0 aliphatic heterocycles. The second kappa shape index (κ2) is 7.58. The molecule has 0 saturated heterocycles. The van der Waals surface area contributed by atoms with E-state index in [4.69, 9.17) is 10.2 Å². The van der Waals surface area contributed by atoms with Crippen LogP contribution in [0.1, 0.15) is 32.1 Å². The summed E-state index contributed by atoms with van der Waals surface area (Å²) < 4.78 is 0. The molecule has 0 aromatic carbocycles. The normalized spacial score (nSPS) is 12.4. The second-order valence-electron chi connectivity index (χ2n) is 2.66. The van der Waals surface area contributed by atoms with Gasteiger partial charge in [0.15, 0.2) is 5.05 Å². The Bertz CT molecular complexity index is 148. The molecule has 1 atom stereocenters. The lowest BCUT2D eigenvalue weighted by molar-refractivity contribution is 0.207. The molecule has 0 aliphatic rings. The lowest BCUT2D eigenvalue weighted by Crippen LogP contribution is -2.16. The van der Waals surface area contributed by atoms with Gasteiger partial charge in [-0.1, -0.05) is 25.1 Å². The van der Waals surface area contributed by atoms with Crippen LogP contribution >= 0.6 is 24.4 Å². The topological polar surface area (TPSA) is 40.5 Å². The summed E-state index contributed by atoms with van der Waals surface area (Å²) in [6, 6.07) is 0. The van der Waals surface area contributed by atoms with Crippen LogP contribution < -0.4 is 0 Å². The molecule has 0 radical (unpaired) electrons. The Kier molecular flexibility index (Phi) is 7.54. The molecule has 0 amide bonds. The highest BCUT2D eigenvalue weighted by Crippen LogP contribution is 2.05. The van der Waals surface area contributed by atoms with Crippen molar-refractivity contribution in [2.45, 2.75) is 38.2 Å². The zero-order valence-corrected chi connectivity index (χ0v) is 8.53. The Hall–Kier alpha value is -0.0600. The lowest BCUT2D eigenvalue weighted by atomic mass is 10.1. The fourth-order valence-electron chi connectivity index (χ4n) is 0.866. The van der Waals surface area contributed by atoms with E-state index < -0.39 is 6.10 Å². The van der Waals surface area contributed by atoms with E-state index in [-0.39, 0.29) is 5.05 Å². The average molecular weight is 206 g/mol. The Balaban J connectivity index is 3.19. The maximum Gasteiger partial charge on any atom is 0.186 e. The number of rotatable bonds is 7. The minimum atomic E-state index is -0.826. The molecule has 0 rings (SSSR count). The van der Waals surface area contributed by atoms with Gasteiger partial charge in [-0.3, -0.25) is 0 Å². The summed E-state index contributed by atoms with van der Waals surface area (Å²) >= 11 is 9.06. The van der Waals surface area contributed by atoms with Gasteiger partial charge in [0.2, 0.25) is 0 Å². The average Bonchev–Trinajstić information content (AvgIpc) is 2.03. The first-order valence-corrected chi connectivity index (χ1v) is 4.91. The zero-order chi connectivity index (χ0) is 9.40. The van der Waals surface area contributed by atoms with E-state index in [1.807, 2.05) is 0 Å². The van der Waals surface area contributed by atoms with Gasteiger partial charge in [-0.2, -0.15) is 0 Å². The third-order valence-electron chi connectivity index (χ3n) is 1.58. The monoisotopic (exact) mass is 206 g/mol. The molecule has 12 heavy (non-hydrogen) atoms. The molecule has 2 N–H and O–H groups in total. The van der Waals surface area contributed by atoms with Crippen molar-refractivity contribution >= 4 is 34.9 Å². The van der Waals surface area contributed by atoms with E-state index in [2.05, 4.69) is 24.4 Å². The molecule has 0 saturated carbocycles. The van der Waals surface area contributed by atoms with Crippen molar-refractivity contribution in [2.75, 3.05) is 0 Å². The van der Waals surface area contributed by atoms with Crippen molar-refractivity contribution < 1.29 is 10.2 Å². The Morgan fingerprint density at radius 2 is 2.00 bits per heavy atom. The van der Waals surface area contributed by atoms with Crippen LogP contribution in [-0.4, -0.2) is 26.7 Å². The highest BCUT2D eigenvalue weighted by atomic mass is 32.1. The molecule has 2 nitrogen and oxygen atoms in total. The summed E-state index contributed by atoms with van der Waals surface area (Å²) in [5.41, 5.74) is 0. The molecule has 0 aliphatic carbocycles. The van der Waals surface area contributed by atoms with Gasteiger partial charge in [0, 0.05) is 0 Å². The summed E-state index contributed by atoms with van der Waals surface area (Å²) in [4.78, 5) is 0. The molecule has 1 unspecified atom stereocenters. The summed E-state index contributed by atoms with van der Waals surface area (Å²) in [7, 11) is 0. The van der Waals surface area contributed by atoms with Crippen LogP contribution in [0.3, 0.4) is 0 Å². The SMILES string of the molecule is OC(=S)C(O)CCCCCC=S. The molecule has 0 aromatic rings. The van der Waals surface area contributed by atoms with Crippen LogP contribution in [0.2, 0.25) is 0 Å². The molecule has 70 valence electrons. The summed E-state index contributed by atoms with van der Waals surface area (Å²) in [5, 5.41) is 19.2. The van der Waals surface area contributed by atoms with Crippen molar-refractivity contribution in [2.24, 2.45) is 0 Å². The van der Waals surface area contributed by atoms with Gasteiger partial charge in [0.25, 0.3) is 0 Å². The molecule has 4 heteroatoms. The first kappa shape index (κ1) is 11.9. The largest absolute Gasteiger partial charge is 0.500 e. The third kappa shape index (κ3) is 6.64. The van der Waals surface area contributed by atoms with Crippen molar-refractivity contribution in [1.29, 1.82) is 0 Å². The summed E-state index contributed by atoms with van der Waals surface area (Å²) in [6.07, 6.45) is 3.61. The van der Waals surface area contributed by atoms with Gasteiger partial charge < -0.3 is 10.2 Å². The predicted molar refractivity (Wildman–Crippen MR) is 58.0 cm³/mol. The van der Waals surface area contributed by atoms with Crippen molar-refractivity contribution in [3.8, 4) is 0 Å². The number of aliphatic hydroxyl groups excluding tert-OH is 2. The fourth-order valence-corrected chi connectivity index (χ4v) is 1.15. The van der Waals surface area contributed by atoms with E-state index in [0.717, 1.165) is 25.7 Å². The Morgan fingerprint density at radius 3 is 2.50 bits per heavy atom. The van der Waals surface area contributed by atoms with Crippen LogP contribution in [0, 0.1) is 0 Å². The van der Waals surface area contributed by atoms with Gasteiger partial charge in [-0.05, 0) is 36.8 Å². The molecular weight excluding hydrogens is 192 g/mol. The molecule has 0 heterocycles. The second-order valence-corrected chi connectivity index (χ2v) is 3.41. The van der Waals surface area contributed by atoms with Crippen LogP contribution in [0.4, 0.5) is 0 Å². The van der Waals surface area contributed by atoms with Gasteiger partial charge in [0.1, 0.15) is 6.10 Å². The molecule has 0 fully saturated rings. The van der Waals surface area contributed by atoms with E-state index in [9.17, 15) is 0 Å². The minimum absolute atomic E-state index is 0.301. The molecule has 0 aromatic heterocycles. The number of hydrogen-bond acceptors (Lipinski definition) is 3.